The largest absolute Gasteiger partial charge is 0.478 e. The molecule has 10 heteroatoms. The Balaban J connectivity index is 0.000000128. The third-order valence-corrected chi connectivity index (χ3v) is 10.9. The van der Waals surface area contributed by atoms with Crippen molar-refractivity contribution in [2.75, 3.05) is 34.5 Å². The summed E-state index contributed by atoms with van der Waals surface area (Å²) in [5.41, 5.74) is 2.49. The molecule has 1 N–H and O–H groups in total. The highest BCUT2D eigenvalue weighted by molar-refractivity contribution is 8.00. The second-order valence-electron chi connectivity index (χ2n) is 9.14. The monoisotopic (exact) mass is 536 g/mol. The highest BCUT2D eigenvalue weighted by atomic mass is 32.2. The molecular formula is C25H28O7S3. The lowest BCUT2D eigenvalue weighted by Gasteiger charge is -2.32. The van der Waals surface area contributed by atoms with E-state index >= 15 is 0 Å². The molecule has 0 amide bonds. The second-order valence-corrected chi connectivity index (χ2v) is 12.1. The minimum Gasteiger partial charge on any atom is -0.478 e. The summed E-state index contributed by atoms with van der Waals surface area (Å²) < 4.78 is 11.1. The quantitative estimate of drug-likeness (QED) is 0.304. The molecule has 7 nitrogen and oxygen atoms in total. The molecule has 6 heterocycles. The maximum Gasteiger partial charge on any atom is 0.332 e. The van der Waals surface area contributed by atoms with E-state index in [-0.39, 0.29) is 49.0 Å². The number of rotatable bonds is 1. The van der Waals surface area contributed by atoms with Crippen LogP contribution in [0.15, 0.2) is 46.8 Å². The fourth-order valence-corrected chi connectivity index (χ4v) is 9.71. The molecule has 0 saturated carbocycles. The van der Waals surface area contributed by atoms with E-state index in [0.717, 1.165) is 45.5 Å². The number of thioether (sulfide) groups is 3. The summed E-state index contributed by atoms with van der Waals surface area (Å²) in [7, 11) is 0. The first-order valence-electron chi connectivity index (χ1n) is 10.9. The Labute approximate surface area is 217 Å². The number of hydrogen-bond donors (Lipinski definition) is 1. The van der Waals surface area contributed by atoms with Crippen LogP contribution in [0.1, 0.15) is 20.8 Å². The highest BCUT2D eigenvalue weighted by Gasteiger charge is 2.79. The third-order valence-electron chi connectivity index (χ3n) is 7.45. The van der Waals surface area contributed by atoms with Crippen molar-refractivity contribution in [1.82, 2.24) is 0 Å². The molecule has 4 unspecified atom stereocenters. The van der Waals surface area contributed by atoms with E-state index in [1.165, 1.54) is 0 Å². The van der Waals surface area contributed by atoms with Crippen LogP contribution < -0.4 is 0 Å². The van der Waals surface area contributed by atoms with Crippen LogP contribution in [0, 0.1) is 10.8 Å². The Morgan fingerprint density at radius 3 is 2.06 bits per heavy atom. The fraction of sp³-hybridized carbons (Fsp3) is 0.520. The molecule has 0 aromatic heterocycles. The predicted molar refractivity (Wildman–Crippen MR) is 139 cm³/mol. The van der Waals surface area contributed by atoms with E-state index in [2.05, 4.69) is 12.7 Å². The van der Waals surface area contributed by atoms with Crippen molar-refractivity contribution in [3.63, 3.8) is 0 Å². The Bertz CT molecular complexity index is 1060. The molecule has 0 radical (unpaired) electrons. The van der Waals surface area contributed by atoms with Gasteiger partial charge in [0, 0.05) is 51.2 Å². The van der Waals surface area contributed by atoms with Gasteiger partial charge in [-0.2, -0.15) is 35.3 Å². The molecule has 0 aromatic carbocycles. The molecule has 188 valence electrons. The highest BCUT2D eigenvalue weighted by Crippen LogP contribution is 2.70. The lowest BCUT2D eigenvalue weighted by atomic mass is 9.61. The summed E-state index contributed by atoms with van der Waals surface area (Å²) in [5, 5.41) is 8.51. The van der Waals surface area contributed by atoms with Crippen molar-refractivity contribution in [1.29, 1.82) is 0 Å². The Morgan fingerprint density at radius 2 is 1.54 bits per heavy atom. The molecule has 35 heavy (non-hydrogen) atoms. The van der Waals surface area contributed by atoms with Crippen molar-refractivity contribution in [2.24, 2.45) is 10.8 Å². The van der Waals surface area contributed by atoms with Crippen molar-refractivity contribution in [2.45, 2.75) is 33.0 Å². The van der Waals surface area contributed by atoms with E-state index < -0.39 is 11.4 Å². The molecular weight excluding hydrogens is 508 g/mol. The molecule has 7 rings (SSSR count). The van der Waals surface area contributed by atoms with Crippen molar-refractivity contribution in [3.8, 4) is 0 Å². The van der Waals surface area contributed by atoms with Gasteiger partial charge in [-0.3, -0.25) is 14.4 Å². The first kappa shape index (κ1) is 26.3. The maximum absolute atomic E-state index is 12.0. The van der Waals surface area contributed by atoms with E-state index in [1.807, 2.05) is 24.8 Å². The topological polar surface area (TPSA) is 107 Å². The van der Waals surface area contributed by atoms with Gasteiger partial charge in [-0.1, -0.05) is 31.7 Å². The van der Waals surface area contributed by atoms with E-state index in [1.54, 1.807) is 23.5 Å². The van der Waals surface area contributed by atoms with Crippen LogP contribution in [0.5, 0.6) is 0 Å². The molecule has 0 spiro atoms. The molecule has 2 bridgehead atoms. The number of ketones is 2. The molecule has 4 atom stereocenters. The fourth-order valence-electron chi connectivity index (χ4n) is 5.50. The number of carboxylic acids is 1. The molecule has 7 aliphatic rings. The standard InChI is InChI=1S/C11H10O3S.C7H6O2S.C6H8O2S.CH4/c1-6-10-4-15-5-11(10,9(12)13-6)8-3-2-7(10)14-8;8-6-1-7(9)5-3-10-2-4(5)6;1-4-2-9-3-5(4)6(7)8;/h2-3,7-8H,1,4-5H2;1-3H2;2-3H2,1H3,(H,7,8);1H4. The summed E-state index contributed by atoms with van der Waals surface area (Å²) in [6.45, 7) is 5.80. The van der Waals surface area contributed by atoms with Gasteiger partial charge in [-0.15, -0.1) is 0 Å². The lowest BCUT2D eigenvalue weighted by Crippen LogP contribution is -2.47. The SMILES string of the molecule is C.C=C1OC(=O)C23CSCC12C1C=CC3O1.CC1=C(C(=O)O)CSC1.O=C1CC(=O)C2=C1CSC2. The molecule has 3 fully saturated rings. The van der Waals surface area contributed by atoms with Gasteiger partial charge in [0.1, 0.15) is 11.2 Å². The number of ether oxygens (including phenoxy) is 2. The van der Waals surface area contributed by atoms with Crippen LogP contribution in [0.3, 0.4) is 0 Å². The van der Waals surface area contributed by atoms with Crippen molar-refractivity contribution in [3.05, 3.63) is 46.8 Å². The number of aliphatic carboxylic acids is 1. The van der Waals surface area contributed by atoms with Gasteiger partial charge in [0.15, 0.2) is 11.6 Å². The van der Waals surface area contributed by atoms with Crippen molar-refractivity contribution < 1.29 is 33.8 Å². The average molecular weight is 537 g/mol. The zero-order chi connectivity index (χ0) is 24.3. The number of carbonyl (C=O) groups excluding carboxylic acids is 3. The second kappa shape index (κ2) is 9.61. The van der Waals surface area contributed by atoms with Gasteiger partial charge in [0.25, 0.3) is 0 Å². The van der Waals surface area contributed by atoms with Crippen LogP contribution in [0.25, 0.3) is 0 Å². The van der Waals surface area contributed by atoms with Crippen molar-refractivity contribution >= 4 is 58.8 Å². The summed E-state index contributed by atoms with van der Waals surface area (Å²) in [6, 6.07) is 0. The van der Waals surface area contributed by atoms with Crippen LogP contribution in [0.4, 0.5) is 0 Å². The number of Topliss-reactive ketones (excluding diaryl/α,β-unsaturated/α-hetero) is 2. The summed E-state index contributed by atoms with van der Waals surface area (Å²) in [5.74, 6) is 4.65. The number of hydrogen-bond acceptors (Lipinski definition) is 9. The minimum atomic E-state index is -0.752. The Hall–Kier alpha value is -1.75. The Morgan fingerprint density at radius 1 is 0.971 bits per heavy atom. The molecule has 0 aromatic rings. The van der Waals surface area contributed by atoms with Crippen LogP contribution in [-0.2, 0) is 28.7 Å². The van der Waals surface area contributed by atoms with E-state index in [9.17, 15) is 19.2 Å². The zero-order valence-electron chi connectivity index (χ0n) is 18.6. The normalized spacial score (nSPS) is 35.2. The number of esters is 1. The van der Waals surface area contributed by atoms with Gasteiger partial charge in [0.05, 0.1) is 24.0 Å². The first-order valence-corrected chi connectivity index (χ1v) is 14.4. The third kappa shape index (κ3) is 3.79. The zero-order valence-corrected chi connectivity index (χ0v) is 21.0. The molecule has 6 aliphatic heterocycles. The summed E-state index contributed by atoms with van der Waals surface area (Å²) in [6.07, 6.45) is 4.11. The van der Waals surface area contributed by atoms with E-state index in [0.29, 0.717) is 17.1 Å². The van der Waals surface area contributed by atoms with E-state index in [4.69, 9.17) is 14.6 Å². The number of carbonyl (C=O) groups is 4. The van der Waals surface area contributed by atoms with Crippen LogP contribution in [-0.4, -0.2) is 75.3 Å². The predicted octanol–water partition coefficient (Wildman–Crippen LogP) is 3.46. The summed E-state index contributed by atoms with van der Waals surface area (Å²) in [4.78, 5) is 44.3. The van der Waals surface area contributed by atoms with Gasteiger partial charge in [-0.25, -0.2) is 4.79 Å². The average Bonchev–Trinajstić information content (AvgIpc) is 3.60. The van der Waals surface area contributed by atoms with Crippen LogP contribution >= 0.6 is 35.3 Å². The maximum atomic E-state index is 12.0. The van der Waals surface area contributed by atoms with Gasteiger partial charge >= 0.3 is 11.9 Å². The first-order chi connectivity index (χ1) is 16.2. The van der Waals surface area contributed by atoms with Crippen LogP contribution in [0.2, 0.25) is 0 Å². The van der Waals surface area contributed by atoms with Gasteiger partial charge in [-0.05, 0) is 6.92 Å². The lowest BCUT2D eigenvalue weighted by molar-refractivity contribution is -0.146. The van der Waals surface area contributed by atoms with Gasteiger partial charge in [0.2, 0.25) is 0 Å². The Kier molecular flexibility index (Phi) is 7.23. The molecule has 1 aliphatic carbocycles. The number of cyclic esters (lactones) is 1. The van der Waals surface area contributed by atoms with Gasteiger partial charge < -0.3 is 14.6 Å². The number of carboxylic acid groups (broad SMARTS) is 1. The smallest absolute Gasteiger partial charge is 0.332 e. The number of fused-ring (bicyclic) bond motifs is 2. The molecule has 3 saturated heterocycles. The minimum absolute atomic E-state index is 0. The summed E-state index contributed by atoms with van der Waals surface area (Å²) >= 11 is 5.13.